The number of ether oxygens (including phenoxy) is 1. The Kier molecular flexibility index (Phi) is 7.55. The van der Waals surface area contributed by atoms with Crippen molar-refractivity contribution >= 4 is 11.8 Å². The number of hydrogen-bond acceptors (Lipinski definition) is 4. The second-order valence-electron chi connectivity index (χ2n) is 7.44. The molecule has 0 spiro atoms. The van der Waals surface area contributed by atoms with Crippen LogP contribution in [0.4, 0.5) is 0 Å². The van der Waals surface area contributed by atoms with Crippen molar-refractivity contribution in [2.24, 2.45) is 5.92 Å². The van der Waals surface area contributed by atoms with Crippen LogP contribution in [0.25, 0.3) is 0 Å². The molecule has 6 heteroatoms. The van der Waals surface area contributed by atoms with E-state index in [1.807, 2.05) is 51.1 Å². The maximum absolute atomic E-state index is 12.6. The molecule has 6 nitrogen and oxygen atoms in total. The minimum atomic E-state index is -0.559. The first kappa shape index (κ1) is 21.4. The van der Waals surface area contributed by atoms with Gasteiger partial charge in [-0.2, -0.15) is 0 Å². The largest absolute Gasteiger partial charge is 0.470 e. The minimum absolute atomic E-state index is 0.119. The van der Waals surface area contributed by atoms with Gasteiger partial charge < -0.3 is 15.0 Å². The van der Waals surface area contributed by atoms with E-state index in [0.29, 0.717) is 17.9 Å². The van der Waals surface area contributed by atoms with Crippen molar-refractivity contribution < 1.29 is 14.3 Å². The maximum Gasteiger partial charge on any atom is 0.253 e. The van der Waals surface area contributed by atoms with E-state index in [0.717, 1.165) is 5.56 Å². The second kappa shape index (κ2) is 9.88. The zero-order valence-electron chi connectivity index (χ0n) is 17.2. The van der Waals surface area contributed by atoms with Gasteiger partial charge in [0.2, 0.25) is 11.8 Å². The molecule has 1 aromatic heterocycles. The van der Waals surface area contributed by atoms with Gasteiger partial charge in [-0.15, -0.1) is 0 Å². The molecule has 0 aliphatic carbocycles. The van der Waals surface area contributed by atoms with Crippen LogP contribution in [-0.4, -0.2) is 41.8 Å². The number of aromatic nitrogens is 1. The average Bonchev–Trinajstić information content (AvgIpc) is 2.67. The third-order valence-electron chi connectivity index (χ3n) is 4.32. The summed E-state index contributed by atoms with van der Waals surface area (Å²) in [7, 11) is 3.37. The summed E-state index contributed by atoms with van der Waals surface area (Å²) >= 11 is 0. The molecule has 0 fully saturated rings. The number of nitrogens with one attached hydrogen (secondary N) is 1. The first-order valence-corrected chi connectivity index (χ1v) is 9.47. The summed E-state index contributed by atoms with van der Waals surface area (Å²) in [4.78, 5) is 30.6. The number of pyridine rings is 1. The summed E-state index contributed by atoms with van der Waals surface area (Å²) in [6.45, 7) is 5.98. The zero-order valence-corrected chi connectivity index (χ0v) is 17.2. The highest BCUT2D eigenvalue weighted by atomic mass is 16.5. The van der Waals surface area contributed by atoms with Gasteiger partial charge in [0.25, 0.3) is 5.91 Å². The lowest BCUT2D eigenvalue weighted by molar-refractivity contribution is -0.131. The molecule has 2 amide bonds. The van der Waals surface area contributed by atoms with E-state index in [9.17, 15) is 9.59 Å². The molecule has 2 atom stereocenters. The zero-order chi connectivity index (χ0) is 20.7. The first-order chi connectivity index (χ1) is 13.3. The van der Waals surface area contributed by atoms with Crippen LogP contribution in [0.2, 0.25) is 0 Å². The number of nitrogens with zero attached hydrogens (tertiary/aromatic N) is 2. The van der Waals surface area contributed by atoms with Crippen molar-refractivity contribution in [3.8, 4) is 5.88 Å². The summed E-state index contributed by atoms with van der Waals surface area (Å²) in [5, 5.41) is 2.82. The third-order valence-corrected chi connectivity index (χ3v) is 4.32. The molecule has 1 heterocycles. The summed E-state index contributed by atoms with van der Waals surface area (Å²) in [6.07, 6.45) is 1.89. The Morgan fingerprint density at radius 1 is 1.07 bits per heavy atom. The standard InChI is InChI=1S/C22H29N3O3/c1-15(2)13-19(22(27)25(4)5)24-21(26)18-11-12-20(23-14-18)28-16(3)17-9-7-6-8-10-17/h6-12,14-16,19H,13H2,1-5H3,(H,24,26)/t16-,19+/m1/s1. The van der Waals surface area contributed by atoms with Gasteiger partial charge in [-0.3, -0.25) is 9.59 Å². The SMILES string of the molecule is CC(C)C[C@H](NC(=O)c1ccc(O[C@H](C)c2ccccc2)nc1)C(=O)N(C)C. The Hall–Kier alpha value is -2.89. The lowest BCUT2D eigenvalue weighted by Gasteiger charge is -2.23. The molecule has 0 saturated heterocycles. The summed E-state index contributed by atoms with van der Waals surface area (Å²) in [5.74, 6) is 0.279. The minimum Gasteiger partial charge on any atom is -0.470 e. The molecule has 2 aromatic rings. The van der Waals surface area contributed by atoms with Crippen LogP contribution in [0.15, 0.2) is 48.7 Å². The first-order valence-electron chi connectivity index (χ1n) is 9.47. The van der Waals surface area contributed by atoms with Crippen molar-refractivity contribution in [2.75, 3.05) is 14.1 Å². The van der Waals surface area contributed by atoms with Crippen molar-refractivity contribution in [1.29, 1.82) is 0 Å². The number of benzene rings is 1. The van der Waals surface area contributed by atoms with Crippen LogP contribution in [0.3, 0.4) is 0 Å². The number of carbonyl (C=O) groups is 2. The highest BCUT2D eigenvalue weighted by Gasteiger charge is 2.24. The molecule has 2 rings (SSSR count). The number of amides is 2. The number of likely N-dealkylation sites (N-methyl/N-ethyl adjacent to an activating group) is 1. The fraction of sp³-hybridized carbons (Fsp3) is 0.409. The molecule has 0 bridgehead atoms. The Labute approximate surface area is 166 Å². The van der Waals surface area contributed by atoms with Crippen molar-refractivity contribution in [1.82, 2.24) is 15.2 Å². The van der Waals surface area contributed by atoms with Crippen LogP contribution >= 0.6 is 0 Å². The van der Waals surface area contributed by atoms with Gasteiger partial charge in [0.15, 0.2) is 0 Å². The molecule has 0 aliphatic rings. The topological polar surface area (TPSA) is 71.5 Å². The van der Waals surface area contributed by atoms with Crippen LogP contribution < -0.4 is 10.1 Å². The third kappa shape index (κ3) is 6.08. The van der Waals surface area contributed by atoms with Crippen molar-refractivity contribution in [2.45, 2.75) is 39.3 Å². The lowest BCUT2D eigenvalue weighted by atomic mass is 10.0. The maximum atomic E-state index is 12.6. The highest BCUT2D eigenvalue weighted by molar-refractivity contribution is 5.97. The van der Waals surface area contributed by atoms with E-state index in [-0.39, 0.29) is 23.8 Å². The summed E-state index contributed by atoms with van der Waals surface area (Å²) < 4.78 is 5.83. The monoisotopic (exact) mass is 383 g/mol. The predicted molar refractivity (Wildman–Crippen MR) is 109 cm³/mol. The Morgan fingerprint density at radius 3 is 2.29 bits per heavy atom. The molecular formula is C22H29N3O3. The summed E-state index contributed by atoms with van der Waals surface area (Å²) in [6, 6.07) is 12.6. The smallest absolute Gasteiger partial charge is 0.253 e. The highest BCUT2D eigenvalue weighted by Crippen LogP contribution is 2.20. The van der Waals surface area contributed by atoms with Gasteiger partial charge >= 0.3 is 0 Å². The number of hydrogen-bond donors (Lipinski definition) is 1. The Balaban J connectivity index is 2.03. The molecule has 1 N–H and O–H groups in total. The fourth-order valence-corrected chi connectivity index (χ4v) is 2.80. The average molecular weight is 383 g/mol. The second-order valence-corrected chi connectivity index (χ2v) is 7.44. The van der Waals surface area contributed by atoms with Crippen LogP contribution in [0.1, 0.15) is 49.2 Å². The lowest BCUT2D eigenvalue weighted by Crippen LogP contribution is -2.46. The quantitative estimate of drug-likeness (QED) is 0.758. The predicted octanol–water partition coefficient (Wildman–Crippen LogP) is 3.45. The fourth-order valence-electron chi connectivity index (χ4n) is 2.80. The molecule has 1 aromatic carbocycles. The van der Waals surface area contributed by atoms with E-state index in [1.165, 1.54) is 11.1 Å². The van der Waals surface area contributed by atoms with Crippen LogP contribution in [-0.2, 0) is 4.79 Å². The normalized spacial score (nSPS) is 12.9. The van der Waals surface area contributed by atoms with E-state index >= 15 is 0 Å². The van der Waals surface area contributed by atoms with E-state index in [4.69, 9.17) is 4.74 Å². The van der Waals surface area contributed by atoms with Gasteiger partial charge in [-0.25, -0.2) is 4.98 Å². The van der Waals surface area contributed by atoms with Crippen LogP contribution in [0, 0.1) is 5.92 Å². The Bertz CT molecular complexity index is 773. The molecular weight excluding hydrogens is 354 g/mol. The van der Waals surface area contributed by atoms with E-state index in [2.05, 4.69) is 10.3 Å². The van der Waals surface area contributed by atoms with E-state index < -0.39 is 6.04 Å². The molecule has 0 aliphatic heterocycles. The van der Waals surface area contributed by atoms with E-state index in [1.54, 1.807) is 26.2 Å². The Morgan fingerprint density at radius 2 is 1.75 bits per heavy atom. The van der Waals surface area contributed by atoms with Gasteiger partial charge in [0, 0.05) is 26.4 Å². The molecule has 0 radical (unpaired) electrons. The number of rotatable bonds is 8. The van der Waals surface area contributed by atoms with Crippen LogP contribution in [0.5, 0.6) is 5.88 Å². The molecule has 150 valence electrons. The number of carbonyl (C=O) groups excluding carboxylic acids is 2. The molecule has 0 saturated carbocycles. The van der Waals surface area contributed by atoms with Gasteiger partial charge in [0.05, 0.1) is 5.56 Å². The van der Waals surface area contributed by atoms with Crippen molar-refractivity contribution in [3.63, 3.8) is 0 Å². The molecule has 28 heavy (non-hydrogen) atoms. The summed E-state index contributed by atoms with van der Waals surface area (Å²) in [5.41, 5.74) is 1.44. The van der Waals surface area contributed by atoms with Gasteiger partial charge in [0.1, 0.15) is 12.1 Å². The van der Waals surface area contributed by atoms with Gasteiger partial charge in [-0.05, 0) is 30.9 Å². The molecule has 0 unspecified atom stereocenters. The van der Waals surface area contributed by atoms with Crippen molar-refractivity contribution in [3.05, 3.63) is 59.8 Å². The van der Waals surface area contributed by atoms with Gasteiger partial charge in [-0.1, -0.05) is 44.2 Å².